The highest BCUT2D eigenvalue weighted by atomic mass is 35.5. The van der Waals surface area contributed by atoms with Crippen molar-refractivity contribution in [2.24, 2.45) is 7.05 Å². The van der Waals surface area contributed by atoms with Crippen molar-refractivity contribution < 1.29 is 14.5 Å². The summed E-state index contributed by atoms with van der Waals surface area (Å²) in [6, 6.07) is 7.80. The van der Waals surface area contributed by atoms with Gasteiger partial charge in [0, 0.05) is 23.8 Å². The second-order valence-corrected chi connectivity index (χ2v) is 9.02. The molecule has 3 rings (SSSR count). The zero-order chi connectivity index (χ0) is 24.3. The summed E-state index contributed by atoms with van der Waals surface area (Å²) in [6.45, 7) is 5.69. The van der Waals surface area contributed by atoms with Crippen molar-refractivity contribution in [3.63, 3.8) is 0 Å². The summed E-state index contributed by atoms with van der Waals surface area (Å²) < 4.78 is 7.77. The van der Waals surface area contributed by atoms with Crippen LogP contribution in [0.1, 0.15) is 30.0 Å². The van der Waals surface area contributed by atoms with E-state index in [2.05, 4.69) is 15.5 Å². The first-order valence-electron chi connectivity index (χ1n) is 9.76. The number of anilines is 1. The number of rotatable bonds is 8. The topological polar surface area (TPSA) is 112 Å². The van der Waals surface area contributed by atoms with E-state index in [-0.39, 0.29) is 34.2 Å². The van der Waals surface area contributed by atoms with Gasteiger partial charge in [0.05, 0.1) is 10.7 Å². The molecule has 0 bridgehead atoms. The molecule has 0 saturated heterocycles. The molecule has 0 aliphatic carbocycles. The molecule has 1 amide bonds. The van der Waals surface area contributed by atoms with E-state index in [9.17, 15) is 14.9 Å². The Bertz CT molecular complexity index is 1190. The van der Waals surface area contributed by atoms with Gasteiger partial charge in [0.25, 0.3) is 5.69 Å². The molecule has 12 heteroatoms. The Balaban J connectivity index is 1.62. The van der Waals surface area contributed by atoms with Crippen molar-refractivity contribution in [2.45, 2.75) is 32.0 Å². The number of nitrogens with zero attached hydrogens (tertiary/aromatic N) is 4. The maximum absolute atomic E-state index is 12.3. The molecular formula is C21H21Cl2N5O4S. The second-order valence-electron chi connectivity index (χ2n) is 7.29. The zero-order valence-electron chi connectivity index (χ0n) is 18.3. The van der Waals surface area contributed by atoms with Crippen LogP contribution in [0.15, 0.2) is 35.5 Å². The fraction of sp³-hybridized carbons (Fsp3) is 0.286. The predicted octanol–water partition coefficient (Wildman–Crippen LogP) is 5.52. The molecule has 33 heavy (non-hydrogen) atoms. The van der Waals surface area contributed by atoms with E-state index < -0.39 is 4.92 Å². The smallest absolute Gasteiger partial charge is 0.289 e. The molecule has 0 aliphatic heterocycles. The van der Waals surface area contributed by atoms with E-state index >= 15 is 0 Å². The first kappa shape index (κ1) is 24.8. The Morgan fingerprint density at radius 1 is 1.24 bits per heavy atom. The Morgan fingerprint density at radius 3 is 2.55 bits per heavy atom. The van der Waals surface area contributed by atoms with Crippen molar-refractivity contribution >= 4 is 52.2 Å². The van der Waals surface area contributed by atoms with Crippen LogP contribution in [0.25, 0.3) is 0 Å². The highest BCUT2D eigenvalue weighted by molar-refractivity contribution is 7.99. The van der Waals surface area contributed by atoms with Crippen LogP contribution in [0.5, 0.6) is 5.75 Å². The van der Waals surface area contributed by atoms with Gasteiger partial charge in [-0.2, -0.15) is 0 Å². The average Bonchev–Trinajstić information content (AvgIpc) is 3.12. The number of nitrogens with one attached hydrogen (secondary N) is 1. The molecule has 174 valence electrons. The minimum absolute atomic E-state index is 0.000696. The van der Waals surface area contributed by atoms with Gasteiger partial charge in [0.2, 0.25) is 5.91 Å². The molecule has 9 nitrogen and oxygen atoms in total. The highest BCUT2D eigenvalue weighted by Crippen LogP contribution is 2.30. The van der Waals surface area contributed by atoms with Crippen molar-refractivity contribution in [1.29, 1.82) is 0 Å². The van der Waals surface area contributed by atoms with Gasteiger partial charge >= 0.3 is 0 Å². The van der Waals surface area contributed by atoms with Crippen LogP contribution in [0.2, 0.25) is 10.0 Å². The summed E-state index contributed by atoms with van der Waals surface area (Å²) in [5.74, 6) is 0.956. The number of carbonyl (C=O) groups is 1. The molecule has 1 unspecified atom stereocenters. The molecular weight excluding hydrogens is 489 g/mol. The summed E-state index contributed by atoms with van der Waals surface area (Å²) in [5, 5.41) is 23.2. The third-order valence-corrected chi connectivity index (χ3v) is 6.65. The normalized spacial score (nSPS) is 11.8. The van der Waals surface area contributed by atoms with Crippen molar-refractivity contribution in [3.05, 3.63) is 67.4 Å². The van der Waals surface area contributed by atoms with Crippen molar-refractivity contribution in [1.82, 2.24) is 14.8 Å². The Kier molecular flexibility index (Phi) is 7.83. The van der Waals surface area contributed by atoms with Crippen molar-refractivity contribution in [3.8, 4) is 5.75 Å². The molecule has 1 atom stereocenters. The maximum Gasteiger partial charge on any atom is 0.289 e. The second kappa shape index (κ2) is 10.4. The lowest BCUT2D eigenvalue weighted by Gasteiger charge is -2.16. The molecule has 1 aromatic heterocycles. The van der Waals surface area contributed by atoms with Crippen LogP contribution in [0.3, 0.4) is 0 Å². The number of halogens is 2. The molecule has 3 aromatic rings. The lowest BCUT2D eigenvalue weighted by molar-refractivity contribution is -0.384. The summed E-state index contributed by atoms with van der Waals surface area (Å²) >= 11 is 13.2. The highest BCUT2D eigenvalue weighted by Gasteiger charge is 2.19. The minimum Gasteiger partial charge on any atom is -0.483 e. The van der Waals surface area contributed by atoms with E-state index in [1.807, 2.05) is 32.9 Å². The van der Waals surface area contributed by atoms with Crippen LogP contribution in [0, 0.1) is 24.0 Å². The number of amides is 1. The molecule has 0 aliphatic rings. The molecule has 1 N–H and O–H groups in total. The van der Waals surface area contributed by atoms with Gasteiger partial charge in [0.1, 0.15) is 10.8 Å². The standard InChI is InChI=1S/C21H21Cl2N5O4S/c1-11-7-15(8-12(2)19(11)23)32-13(3)20-25-26-21(27(20)4)33-10-18(29)24-14-5-6-16(22)17(9-14)28(30)31/h5-9,13H,10H2,1-4H3,(H,24,29). The Labute approximate surface area is 204 Å². The quantitative estimate of drug-likeness (QED) is 0.241. The van der Waals surface area contributed by atoms with Crippen LogP contribution in [-0.2, 0) is 11.8 Å². The van der Waals surface area contributed by atoms with Gasteiger partial charge in [-0.3, -0.25) is 14.9 Å². The van der Waals surface area contributed by atoms with Gasteiger partial charge < -0.3 is 14.6 Å². The number of hydrogen-bond acceptors (Lipinski definition) is 7. The van der Waals surface area contributed by atoms with Crippen LogP contribution in [-0.4, -0.2) is 31.3 Å². The van der Waals surface area contributed by atoms with Gasteiger partial charge in [-0.25, -0.2) is 0 Å². The van der Waals surface area contributed by atoms with Gasteiger partial charge in [-0.05, 0) is 56.2 Å². The number of nitro groups is 1. The third kappa shape index (κ3) is 5.95. The number of aryl methyl sites for hydroxylation is 2. The fourth-order valence-electron chi connectivity index (χ4n) is 3.09. The largest absolute Gasteiger partial charge is 0.483 e. The SMILES string of the molecule is Cc1cc(OC(C)c2nnc(SCC(=O)Nc3ccc(Cl)c([N+](=O)[O-])c3)n2C)cc(C)c1Cl. The van der Waals surface area contributed by atoms with Gasteiger partial charge in [0.15, 0.2) is 17.1 Å². The first-order chi connectivity index (χ1) is 15.6. The molecule has 0 fully saturated rings. The van der Waals surface area contributed by atoms with E-state index in [0.29, 0.717) is 21.8 Å². The van der Waals surface area contributed by atoms with Gasteiger partial charge in [-0.15, -0.1) is 10.2 Å². The maximum atomic E-state index is 12.3. The van der Waals surface area contributed by atoms with E-state index in [0.717, 1.165) is 11.1 Å². The zero-order valence-corrected chi connectivity index (χ0v) is 20.6. The lowest BCUT2D eigenvalue weighted by atomic mass is 10.1. The number of benzene rings is 2. The minimum atomic E-state index is -0.607. The van der Waals surface area contributed by atoms with Crippen LogP contribution in [0.4, 0.5) is 11.4 Å². The summed E-state index contributed by atoms with van der Waals surface area (Å²) in [6.07, 6.45) is -0.389. The van der Waals surface area contributed by atoms with E-state index in [1.165, 1.54) is 30.0 Å². The predicted molar refractivity (Wildman–Crippen MR) is 128 cm³/mol. The lowest BCUT2D eigenvalue weighted by Crippen LogP contribution is -2.15. The molecule has 2 aromatic carbocycles. The summed E-state index contributed by atoms with van der Waals surface area (Å²) in [7, 11) is 1.79. The number of hydrogen-bond donors (Lipinski definition) is 1. The molecule has 0 saturated carbocycles. The fourth-order valence-corrected chi connectivity index (χ4v) is 4.11. The Hall–Kier alpha value is -2.82. The number of thioether (sulfide) groups is 1. The monoisotopic (exact) mass is 509 g/mol. The molecule has 1 heterocycles. The summed E-state index contributed by atoms with van der Waals surface area (Å²) in [5.41, 5.74) is 1.85. The van der Waals surface area contributed by atoms with Gasteiger partial charge in [-0.1, -0.05) is 35.0 Å². The van der Waals surface area contributed by atoms with Crippen molar-refractivity contribution in [2.75, 3.05) is 11.1 Å². The van der Waals surface area contributed by atoms with E-state index in [1.54, 1.807) is 11.6 Å². The number of carbonyl (C=O) groups excluding carboxylic acids is 1. The number of nitro benzene ring substituents is 1. The van der Waals surface area contributed by atoms with Crippen LogP contribution >= 0.6 is 35.0 Å². The summed E-state index contributed by atoms with van der Waals surface area (Å²) in [4.78, 5) is 22.7. The number of aromatic nitrogens is 3. The molecule has 0 radical (unpaired) electrons. The van der Waals surface area contributed by atoms with E-state index in [4.69, 9.17) is 27.9 Å². The first-order valence-corrected chi connectivity index (χ1v) is 11.5. The average molecular weight is 510 g/mol. The molecule has 0 spiro atoms. The Morgan fingerprint density at radius 2 is 1.91 bits per heavy atom. The third-order valence-electron chi connectivity index (χ3n) is 4.71. The van der Waals surface area contributed by atoms with Crippen LogP contribution < -0.4 is 10.1 Å². The number of ether oxygens (including phenoxy) is 1.